The van der Waals surface area contributed by atoms with Gasteiger partial charge in [0.15, 0.2) is 0 Å². The lowest BCUT2D eigenvalue weighted by atomic mass is 10.1. The van der Waals surface area contributed by atoms with Crippen molar-refractivity contribution in [3.63, 3.8) is 0 Å². The average Bonchev–Trinajstić information content (AvgIpc) is 2.61. The van der Waals surface area contributed by atoms with E-state index in [1.807, 2.05) is 13.8 Å². The Bertz CT molecular complexity index is 359. The molecule has 0 fully saturated rings. The Balaban J connectivity index is 0.00000254. The largest absolute Gasteiger partial charge is 0.493 e. The minimum Gasteiger partial charge on any atom is -0.493 e. The van der Waals surface area contributed by atoms with Crippen molar-refractivity contribution in [2.24, 2.45) is 5.92 Å². The summed E-state index contributed by atoms with van der Waals surface area (Å²) in [4.78, 5) is 0. The van der Waals surface area contributed by atoms with E-state index in [0.717, 1.165) is 25.4 Å². The molecule has 1 aromatic rings. The van der Waals surface area contributed by atoms with Crippen LogP contribution < -0.4 is 10.1 Å². The summed E-state index contributed by atoms with van der Waals surface area (Å²) >= 11 is 0. The van der Waals surface area contributed by atoms with Gasteiger partial charge in [-0.3, -0.25) is 0 Å². The molecule has 0 atom stereocenters. The first kappa shape index (κ1) is 23.0. The maximum Gasteiger partial charge on any atom is 0.119 e. The van der Waals surface area contributed by atoms with Crippen LogP contribution in [0.1, 0.15) is 85.1 Å². The van der Waals surface area contributed by atoms with Gasteiger partial charge in [-0.1, -0.05) is 85.3 Å². The molecule has 0 saturated heterocycles. The van der Waals surface area contributed by atoms with Crippen molar-refractivity contribution in [1.29, 1.82) is 0 Å². The highest BCUT2D eigenvalue weighted by Gasteiger charge is 1.98. The lowest BCUT2D eigenvalue weighted by Crippen LogP contribution is -2.14. The van der Waals surface area contributed by atoms with Gasteiger partial charge in [-0.2, -0.15) is 0 Å². The molecule has 0 bridgehead atoms. The Morgan fingerprint density at radius 1 is 0.875 bits per heavy atom. The van der Waals surface area contributed by atoms with Crippen molar-refractivity contribution >= 4 is 0 Å². The first-order chi connectivity index (χ1) is 11.7. The second-order valence-electron chi connectivity index (χ2n) is 6.65. The van der Waals surface area contributed by atoms with E-state index in [9.17, 15) is 0 Å². The van der Waals surface area contributed by atoms with Crippen LogP contribution in [0, 0.1) is 5.92 Å². The highest BCUT2D eigenvalue weighted by Crippen LogP contribution is 2.13. The Hall–Kier alpha value is -1.02. The van der Waals surface area contributed by atoms with Crippen LogP contribution in [0.15, 0.2) is 24.3 Å². The number of rotatable bonds is 13. The second-order valence-corrected chi connectivity index (χ2v) is 6.65. The van der Waals surface area contributed by atoms with E-state index >= 15 is 0 Å². The number of hydrogen-bond donors (Lipinski definition) is 1. The zero-order valence-electron chi connectivity index (χ0n) is 16.9. The molecule has 0 amide bonds. The summed E-state index contributed by atoms with van der Waals surface area (Å²) in [7, 11) is 0. The summed E-state index contributed by atoms with van der Waals surface area (Å²) in [6.07, 6.45) is 9.60. The third kappa shape index (κ3) is 13.4. The van der Waals surface area contributed by atoms with Crippen LogP contribution in [0.5, 0.6) is 5.75 Å². The molecule has 0 spiro atoms. The van der Waals surface area contributed by atoms with E-state index in [-0.39, 0.29) is 0 Å². The third-order valence-electron chi connectivity index (χ3n) is 3.79. The number of ether oxygens (including phenoxy) is 1. The fourth-order valence-electron chi connectivity index (χ4n) is 2.41. The molecule has 140 valence electrons. The van der Waals surface area contributed by atoms with Crippen LogP contribution in [0.4, 0.5) is 0 Å². The predicted octanol–water partition coefficient (Wildman–Crippen LogP) is 6.59. The molecule has 1 rings (SSSR count). The topological polar surface area (TPSA) is 21.3 Å². The number of nitrogens with one attached hydrogen (secondary N) is 1. The summed E-state index contributed by atoms with van der Waals surface area (Å²) in [5.74, 6) is 1.55. The normalized spacial score (nSPS) is 10.4. The SMILES string of the molecule is CC.CCCCCCCCCNCc1ccc(OCC(C)C)cc1. The summed E-state index contributed by atoms with van der Waals surface area (Å²) in [6.45, 7) is 13.5. The van der Waals surface area contributed by atoms with E-state index < -0.39 is 0 Å². The van der Waals surface area contributed by atoms with Crippen molar-refractivity contribution in [2.45, 2.75) is 86.1 Å². The van der Waals surface area contributed by atoms with Gasteiger partial charge >= 0.3 is 0 Å². The van der Waals surface area contributed by atoms with Crippen LogP contribution in [-0.2, 0) is 6.54 Å². The molecular weight excluding hydrogens is 294 g/mol. The van der Waals surface area contributed by atoms with Crippen molar-refractivity contribution in [1.82, 2.24) is 5.32 Å². The smallest absolute Gasteiger partial charge is 0.119 e. The van der Waals surface area contributed by atoms with Gasteiger partial charge in [0, 0.05) is 6.54 Å². The van der Waals surface area contributed by atoms with Gasteiger partial charge in [0.25, 0.3) is 0 Å². The molecule has 0 aliphatic rings. The van der Waals surface area contributed by atoms with Crippen LogP contribution in [0.25, 0.3) is 0 Å². The summed E-state index contributed by atoms with van der Waals surface area (Å²) < 4.78 is 5.70. The fourth-order valence-corrected chi connectivity index (χ4v) is 2.41. The lowest BCUT2D eigenvalue weighted by Gasteiger charge is -2.09. The number of benzene rings is 1. The van der Waals surface area contributed by atoms with Gasteiger partial charge < -0.3 is 10.1 Å². The molecule has 2 nitrogen and oxygen atoms in total. The molecule has 1 aromatic carbocycles. The molecule has 0 saturated carbocycles. The molecule has 0 heterocycles. The zero-order valence-corrected chi connectivity index (χ0v) is 16.9. The number of hydrogen-bond acceptors (Lipinski definition) is 2. The quantitative estimate of drug-likeness (QED) is 0.411. The maximum atomic E-state index is 5.70. The molecule has 0 aliphatic carbocycles. The molecule has 0 aliphatic heterocycles. The predicted molar refractivity (Wildman–Crippen MR) is 108 cm³/mol. The lowest BCUT2D eigenvalue weighted by molar-refractivity contribution is 0.271. The Labute approximate surface area is 151 Å². The van der Waals surface area contributed by atoms with E-state index in [1.165, 1.54) is 50.5 Å². The van der Waals surface area contributed by atoms with Gasteiger partial charge in [0.1, 0.15) is 5.75 Å². The molecule has 0 radical (unpaired) electrons. The zero-order chi connectivity index (χ0) is 18.0. The van der Waals surface area contributed by atoms with Crippen molar-refractivity contribution in [3.05, 3.63) is 29.8 Å². The van der Waals surface area contributed by atoms with Crippen LogP contribution in [0.2, 0.25) is 0 Å². The standard InChI is InChI=1S/C20H35NO.C2H6/c1-4-5-6-7-8-9-10-15-21-16-19-11-13-20(14-12-19)22-17-18(2)3;1-2/h11-14,18,21H,4-10,15-17H2,1-3H3;1-2H3. The summed E-state index contributed by atoms with van der Waals surface area (Å²) in [5.41, 5.74) is 1.33. The molecule has 0 aromatic heterocycles. The van der Waals surface area contributed by atoms with Gasteiger partial charge in [-0.15, -0.1) is 0 Å². The minimum absolute atomic E-state index is 0.573. The van der Waals surface area contributed by atoms with Gasteiger partial charge in [0.2, 0.25) is 0 Å². The second kappa shape index (κ2) is 16.8. The van der Waals surface area contributed by atoms with Crippen LogP contribution in [0.3, 0.4) is 0 Å². The van der Waals surface area contributed by atoms with Gasteiger partial charge in [-0.05, 0) is 36.6 Å². The highest BCUT2D eigenvalue weighted by atomic mass is 16.5. The van der Waals surface area contributed by atoms with E-state index in [1.54, 1.807) is 0 Å². The maximum absolute atomic E-state index is 5.70. The minimum atomic E-state index is 0.573. The van der Waals surface area contributed by atoms with Crippen LogP contribution in [-0.4, -0.2) is 13.2 Å². The molecule has 2 heteroatoms. The molecule has 1 N–H and O–H groups in total. The van der Waals surface area contributed by atoms with Crippen molar-refractivity contribution in [3.8, 4) is 5.75 Å². The highest BCUT2D eigenvalue weighted by molar-refractivity contribution is 5.27. The third-order valence-corrected chi connectivity index (χ3v) is 3.79. The van der Waals surface area contributed by atoms with Crippen molar-refractivity contribution in [2.75, 3.05) is 13.2 Å². The van der Waals surface area contributed by atoms with E-state index in [2.05, 4.69) is 50.4 Å². The Morgan fingerprint density at radius 2 is 1.46 bits per heavy atom. The first-order valence-corrected chi connectivity index (χ1v) is 10.1. The summed E-state index contributed by atoms with van der Waals surface area (Å²) in [6, 6.07) is 8.47. The monoisotopic (exact) mass is 335 g/mol. The fraction of sp³-hybridized carbons (Fsp3) is 0.727. The van der Waals surface area contributed by atoms with Crippen LogP contribution >= 0.6 is 0 Å². The molecular formula is C22H41NO. The number of unbranched alkanes of at least 4 members (excludes halogenated alkanes) is 6. The molecule has 0 unspecified atom stereocenters. The van der Waals surface area contributed by atoms with E-state index in [0.29, 0.717) is 5.92 Å². The molecule has 24 heavy (non-hydrogen) atoms. The van der Waals surface area contributed by atoms with Crippen molar-refractivity contribution < 1.29 is 4.74 Å². The Kier molecular flexibility index (Phi) is 16.1. The first-order valence-electron chi connectivity index (χ1n) is 10.1. The van der Waals surface area contributed by atoms with E-state index in [4.69, 9.17) is 4.74 Å². The van der Waals surface area contributed by atoms with Gasteiger partial charge in [-0.25, -0.2) is 0 Å². The average molecular weight is 336 g/mol. The summed E-state index contributed by atoms with van der Waals surface area (Å²) in [5, 5.41) is 3.53. The Morgan fingerprint density at radius 3 is 2.04 bits per heavy atom. The van der Waals surface area contributed by atoms with Gasteiger partial charge in [0.05, 0.1) is 6.61 Å².